The number of carbonyl (C=O) groups is 1. The van der Waals surface area contributed by atoms with Gasteiger partial charge in [-0.15, -0.1) is 0 Å². The van der Waals surface area contributed by atoms with E-state index in [1.54, 1.807) is 0 Å². The molecule has 1 unspecified atom stereocenters. The number of nitrogens with one attached hydrogen (secondary N) is 2. The Morgan fingerprint density at radius 2 is 1.46 bits per heavy atom. The standard InChI is InChI=1S/C15H16FN3O5S2/c1-10(19-26(23,24)14-6-2-11(16)3-7-14)15(20)18-12-4-8-13(9-5-12)25(17,21)22/h2-10,19H,1H3,(H,18,20)(H2,17,21,22). The van der Waals surface area contributed by atoms with Gasteiger partial charge in [-0.3, -0.25) is 4.79 Å². The zero-order valence-electron chi connectivity index (χ0n) is 13.5. The summed E-state index contributed by atoms with van der Waals surface area (Å²) in [6, 6.07) is 8.05. The summed E-state index contributed by atoms with van der Waals surface area (Å²) in [5, 5.41) is 7.42. The third-order valence-corrected chi connectivity index (χ3v) is 5.79. The van der Waals surface area contributed by atoms with Gasteiger partial charge < -0.3 is 5.32 Å². The number of rotatable bonds is 6. The van der Waals surface area contributed by atoms with Crippen LogP contribution in [0.15, 0.2) is 58.3 Å². The Bertz CT molecular complexity index is 1000. The summed E-state index contributed by atoms with van der Waals surface area (Å²) in [5.74, 6) is -1.25. The van der Waals surface area contributed by atoms with Gasteiger partial charge in [-0.05, 0) is 55.5 Å². The Labute approximate surface area is 150 Å². The van der Waals surface area contributed by atoms with E-state index in [2.05, 4.69) is 10.0 Å². The molecule has 2 aromatic rings. The highest BCUT2D eigenvalue weighted by Crippen LogP contribution is 2.14. The van der Waals surface area contributed by atoms with Crippen molar-refractivity contribution in [2.45, 2.75) is 22.8 Å². The van der Waals surface area contributed by atoms with Gasteiger partial charge in [0.15, 0.2) is 0 Å². The van der Waals surface area contributed by atoms with Crippen molar-refractivity contribution in [2.75, 3.05) is 5.32 Å². The van der Waals surface area contributed by atoms with E-state index in [0.29, 0.717) is 0 Å². The van der Waals surface area contributed by atoms with Crippen LogP contribution in [0.1, 0.15) is 6.92 Å². The molecule has 0 aliphatic carbocycles. The summed E-state index contributed by atoms with van der Waals surface area (Å²) in [6.07, 6.45) is 0. The third-order valence-electron chi connectivity index (χ3n) is 3.30. The van der Waals surface area contributed by atoms with Gasteiger partial charge in [0.2, 0.25) is 26.0 Å². The van der Waals surface area contributed by atoms with Gasteiger partial charge in [0.05, 0.1) is 15.8 Å². The fourth-order valence-electron chi connectivity index (χ4n) is 1.95. The van der Waals surface area contributed by atoms with E-state index >= 15 is 0 Å². The molecule has 4 N–H and O–H groups in total. The topological polar surface area (TPSA) is 135 Å². The van der Waals surface area contributed by atoms with Crippen LogP contribution >= 0.6 is 0 Å². The van der Waals surface area contributed by atoms with Gasteiger partial charge >= 0.3 is 0 Å². The lowest BCUT2D eigenvalue weighted by molar-refractivity contribution is -0.117. The first-order valence-electron chi connectivity index (χ1n) is 7.21. The van der Waals surface area contributed by atoms with Gasteiger partial charge in [-0.2, -0.15) is 4.72 Å². The number of amides is 1. The lowest BCUT2D eigenvalue weighted by Gasteiger charge is -2.14. The minimum Gasteiger partial charge on any atom is -0.325 e. The first-order chi connectivity index (χ1) is 12.0. The number of halogens is 1. The summed E-state index contributed by atoms with van der Waals surface area (Å²) < 4.78 is 61.8. The highest BCUT2D eigenvalue weighted by Gasteiger charge is 2.22. The summed E-state index contributed by atoms with van der Waals surface area (Å²) in [7, 11) is -7.87. The highest BCUT2D eigenvalue weighted by molar-refractivity contribution is 7.89. The molecule has 0 aromatic heterocycles. The van der Waals surface area contributed by atoms with Crippen molar-refractivity contribution in [3.8, 4) is 0 Å². The van der Waals surface area contributed by atoms with Crippen molar-refractivity contribution in [1.82, 2.24) is 4.72 Å². The van der Waals surface area contributed by atoms with Crippen LogP contribution in [0.4, 0.5) is 10.1 Å². The lowest BCUT2D eigenvalue weighted by Crippen LogP contribution is -2.41. The quantitative estimate of drug-likeness (QED) is 0.657. The fourth-order valence-corrected chi connectivity index (χ4v) is 3.66. The smallest absolute Gasteiger partial charge is 0.242 e. The Balaban J connectivity index is 2.06. The molecule has 0 saturated heterocycles. The van der Waals surface area contributed by atoms with Gasteiger partial charge in [-0.1, -0.05) is 0 Å². The largest absolute Gasteiger partial charge is 0.325 e. The molecular weight excluding hydrogens is 385 g/mol. The third kappa shape index (κ3) is 5.08. The Morgan fingerprint density at radius 3 is 1.96 bits per heavy atom. The average molecular weight is 401 g/mol. The van der Waals surface area contributed by atoms with Crippen LogP contribution in [0, 0.1) is 5.82 Å². The van der Waals surface area contributed by atoms with E-state index in [0.717, 1.165) is 24.3 Å². The molecule has 1 amide bonds. The van der Waals surface area contributed by atoms with Crippen LogP contribution in [-0.4, -0.2) is 28.8 Å². The molecule has 2 rings (SSSR count). The summed E-state index contributed by atoms with van der Waals surface area (Å²) >= 11 is 0. The molecule has 0 aliphatic heterocycles. The first kappa shape index (κ1) is 20.0. The van der Waals surface area contributed by atoms with Crippen molar-refractivity contribution in [2.24, 2.45) is 5.14 Å². The van der Waals surface area contributed by atoms with Crippen molar-refractivity contribution >= 4 is 31.6 Å². The molecule has 0 heterocycles. The number of hydrogen-bond donors (Lipinski definition) is 3. The molecule has 140 valence electrons. The zero-order chi connectivity index (χ0) is 19.5. The number of benzene rings is 2. The van der Waals surface area contributed by atoms with Crippen LogP contribution < -0.4 is 15.2 Å². The molecule has 0 saturated carbocycles. The second-order valence-electron chi connectivity index (χ2n) is 5.36. The molecule has 0 fully saturated rings. The van der Waals surface area contributed by atoms with Gasteiger partial charge in [-0.25, -0.2) is 26.4 Å². The highest BCUT2D eigenvalue weighted by atomic mass is 32.2. The lowest BCUT2D eigenvalue weighted by atomic mass is 10.3. The molecule has 0 radical (unpaired) electrons. The van der Waals surface area contributed by atoms with Crippen LogP contribution in [0.25, 0.3) is 0 Å². The van der Waals surface area contributed by atoms with Crippen LogP contribution in [0.2, 0.25) is 0 Å². The van der Waals surface area contributed by atoms with Crippen LogP contribution in [0.3, 0.4) is 0 Å². The van der Waals surface area contributed by atoms with E-state index in [1.165, 1.54) is 31.2 Å². The maximum atomic E-state index is 12.9. The number of primary sulfonamides is 1. The molecule has 0 spiro atoms. The normalized spacial score (nSPS) is 13.2. The maximum absolute atomic E-state index is 12.9. The van der Waals surface area contributed by atoms with Crippen molar-refractivity contribution in [3.05, 3.63) is 54.3 Å². The Morgan fingerprint density at radius 1 is 0.962 bits per heavy atom. The Kier molecular flexibility index (Phi) is 5.76. The number of carbonyl (C=O) groups excluding carboxylic acids is 1. The molecule has 8 nitrogen and oxygen atoms in total. The van der Waals surface area contributed by atoms with Gasteiger partial charge in [0.25, 0.3) is 0 Å². The fraction of sp³-hybridized carbons (Fsp3) is 0.133. The second-order valence-corrected chi connectivity index (χ2v) is 8.63. The minimum atomic E-state index is -4.01. The molecule has 0 aliphatic rings. The van der Waals surface area contributed by atoms with E-state index in [-0.39, 0.29) is 15.5 Å². The molecule has 11 heteroatoms. The summed E-state index contributed by atoms with van der Waals surface area (Å²) in [5.41, 5.74) is 0.259. The second kappa shape index (κ2) is 7.50. The SMILES string of the molecule is CC(NS(=O)(=O)c1ccc(F)cc1)C(=O)Nc1ccc(S(N)(=O)=O)cc1. The number of nitrogens with two attached hydrogens (primary N) is 1. The van der Waals surface area contributed by atoms with Gasteiger partial charge in [0.1, 0.15) is 5.82 Å². The van der Waals surface area contributed by atoms with Crippen LogP contribution in [0.5, 0.6) is 0 Å². The monoisotopic (exact) mass is 401 g/mol. The molecule has 0 bridgehead atoms. The van der Waals surface area contributed by atoms with Crippen molar-refractivity contribution in [1.29, 1.82) is 0 Å². The predicted octanol–water partition coefficient (Wildman–Crippen LogP) is 0.779. The van der Waals surface area contributed by atoms with E-state index < -0.39 is 37.8 Å². The predicted molar refractivity (Wildman–Crippen MR) is 92.6 cm³/mol. The molecule has 2 aromatic carbocycles. The molecular formula is C15H16FN3O5S2. The summed E-state index contributed by atoms with van der Waals surface area (Å²) in [4.78, 5) is 11.8. The minimum absolute atomic E-state index is 0.124. The Hall–Kier alpha value is -2.34. The zero-order valence-corrected chi connectivity index (χ0v) is 15.1. The number of anilines is 1. The maximum Gasteiger partial charge on any atom is 0.242 e. The van der Waals surface area contributed by atoms with E-state index in [4.69, 9.17) is 5.14 Å². The van der Waals surface area contributed by atoms with Crippen LogP contribution in [-0.2, 0) is 24.8 Å². The average Bonchev–Trinajstić information content (AvgIpc) is 2.54. The number of hydrogen-bond acceptors (Lipinski definition) is 5. The summed E-state index contributed by atoms with van der Waals surface area (Å²) in [6.45, 7) is 1.33. The molecule has 1 atom stereocenters. The van der Waals surface area contributed by atoms with Crippen molar-refractivity contribution < 1.29 is 26.0 Å². The van der Waals surface area contributed by atoms with E-state index in [9.17, 15) is 26.0 Å². The van der Waals surface area contributed by atoms with E-state index in [1.807, 2.05) is 0 Å². The van der Waals surface area contributed by atoms with Gasteiger partial charge in [0, 0.05) is 5.69 Å². The number of sulfonamides is 2. The van der Waals surface area contributed by atoms with Crippen molar-refractivity contribution in [3.63, 3.8) is 0 Å². The first-order valence-corrected chi connectivity index (χ1v) is 10.2. The molecule has 26 heavy (non-hydrogen) atoms.